The van der Waals surface area contributed by atoms with Crippen molar-refractivity contribution >= 4 is 33.5 Å². The van der Waals surface area contributed by atoms with Crippen LogP contribution in [0, 0.1) is 0 Å². The van der Waals surface area contributed by atoms with Crippen LogP contribution in [0.5, 0.6) is 0 Å². The molecule has 2 rings (SSSR count). The Morgan fingerprint density at radius 1 is 1.17 bits per heavy atom. The van der Waals surface area contributed by atoms with Gasteiger partial charge < -0.3 is 23.9 Å². The van der Waals surface area contributed by atoms with E-state index >= 15 is 0 Å². The molecule has 0 saturated carbocycles. The molecule has 0 aromatic heterocycles. The number of aliphatic imine (C=N–C) groups is 2. The van der Waals surface area contributed by atoms with E-state index < -0.39 is 5.66 Å². The molecular weight excluding hydrogens is 318 g/mol. The van der Waals surface area contributed by atoms with Gasteiger partial charge in [0.1, 0.15) is 5.66 Å². The number of nitrogens with two attached hydrogens (primary N) is 2. The van der Waals surface area contributed by atoms with Gasteiger partial charge in [-0.15, -0.1) is 0 Å². The highest BCUT2D eigenvalue weighted by Crippen LogP contribution is 2.28. The summed E-state index contributed by atoms with van der Waals surface area (Å²) in [5.41, 5.74) is 11.9. The quantitative estimate of drug-likeness (QED) is 0.667. The average molecular weight is 332 g/mol. The highest BCUT2D eigenvalue weighted by Gasteiger charge is 2.32. The fourth-order valence-corrected chi connectivity index (χ4v) is 2.11. The predicted molar refractivity (Wildman–Crippen MR) is 73.9 cm³/mol. The van der Waals surface area contributed by atoms with E-state index in [1.54, 1.807) is 0 Å². The first kappa shape index (κ1) is 14.8. The molecule has 0 unspecified atom stereocenters. The van der Waals surface area contributed by atoms with Gasteiger partial charge in [0.25, 0.3) is 0 Å². The third-order valence-corrected chi connectivity index (χ3v) is 3.01. The maximum atomic E-state index is 5.92. The van der Waals surface area contributed by atoms with Gasteiger partial charge in [-0.3, -0.25) is 4.90 Å². The molecule has 98 valence electrons. The van der Waals surface area contributed by atoms with Gasteiger partial charge >= 0.3 is 0 Å². The second kappa shape index (κ2) is 5.16. The normalized spacial score (nSPS) is 17.6. The second-order valence-electron chi connectivity index (χ2n) is 4.25. The number of anilines is 1. The molecular formula is C11H14BrClN5-. The number of rotatable bonds is 1. The van der Waals surface area contributed by atoms with Crippen molar-refractivity contribution in [1.29, 1.82) is 0 Å². The number of nitrogens with zero attached hydrogens (tertiary/aromatic N) is 3. The van der Waals surface area contributed by atoms with Gasteiger partial charge in [-0.1, -0.05) is 15.9 Å². The highest BCUT2D eigenvalue weighted by molar-refractivity contribution is 9.10. The van der Waals surface area contributed by atoms with E-state index in [0.717, 1.165) is 10.2 Å². The van der Waals surface area contributed by atoms with Crippen molar-refractivity contribution in [1.82, 2.24) is 0 Å². The van der Waals surface area contributed by atoms with E-state index in [4.69, 9.17) is 11.5 Å². The summed E-state index contributed by atoms with van der Waals surface area (Å²) in [7, 11) is 0. The van der Waals surface area contributed by atoms with E-state index in [-0.39, 0.29) is 18.4 Å². The smallest absolute Gasteiger partial charge is 0.220 e. The predicted octanol–water partition coefficient (Wildman–Crippen LogP) is -1.36. The lowest BCUT2D eigenvalue weighted by Gasteiger charge is -2.38. The molecule has 7 heteroatoms. The summed E-state index contributed by atoms with van der Waals surface area (Å²) in [6.07, 6.45) is 0. The molecule has 4 N–H and O–H groups in total. The average Bonchev–Trinajstić information content (AvgIpc) is 2.18. The Morgan fingerprint density at radius 3 is 2.22 bits per heavy atom. The molecule has 0 aliphatic carbocycles. The Kier molecular flexibility index (Phi) is 4.24. The van der Waals surface area contributed by atoms with Crippen LogP contribution < -0.4 is 28.8 Å². The summed E-state index contributed by atoms with van der Waals surface area (Å²) in [6.45, 7) is 3.87. The first-order valence-corrected chi connectivity index (χ1v) is 5.95. The molecule has 0 radical (unpaired) electrons. The fourth-order valence-electron chi connectivity index (χ4n) is 1.84. The molecule has 0 saturated heterocycles. The monoisotopic (exact) mass is 330 g/mol. The lowest BCUT2D eigenvalue weighted by atomic mass is 10.1. The van der Waals surface area contributed by atoms with Crippen LogP contribution in [-0.4, -0.2) is 17.6 Å². The van der Waals surface area contributed by atoms with Crippen molar-refractivity contribution in [2.45, 2.75) is 19.5 Å². The van der Waals surface area contributed by atoms with Crippen molar-refractivity contribution in [2.75, 3.05) is 4.90 Å². The van der Waals surface area contributed by atoms with Crippen LogP contribution in [0.3, 0.4) is 0 Å². The van der Waals surface area contributed by atoms with E-state index in [1.165, 1.54) is 0 Å². The highest BCUT2D eigenvalue weighted by atomic mass is 79.9. The summed E-state index contributed by atoms with van der Waals surface area (Å²) in [6, 6.07) is 7.79. The van der Waals surface area contributed by atoms with Gasteiger partial charge in [-0.2, -0.15) is 4.99 Å². The molecule has 1 heterocycles. The fraction of sp³-hybridized carbons (Fsp3) is 0.273. The zero-order valence-electron chi connectivity index (χ0n) is 10.1. The molecule has 18 heavy (non-hydrogen) atoms. The topological polar surface area (TPSA) is 80.0 Å². The maximum absolute atomic E-state index is 5.92. The summed E-state index contributed by atoms with van der Waals surface area (Å²) in [4.78, 5) is 10.1. The minimum atomic E-state index is -0.538. The Balaban J connectivity index is 0.00000162. The van der Waals surface area contributed by atoms with Crippen molar-refractivity contribution < 1.29 is 12.4 Å². The number of hydrogen-bond donors (Lipinski definition) is 2. The second-order valence-corrected chi connectivity index (χ2v) is 5.16. The van der Waals surface area contributed by atoms with Crippen LogP contribution >= 0.6 is 15.9 Å². The first-order chi connectivity index (χ1) is 7.90. The zero-order chi connectivity index (χ0) is 12.6. The molecule has 0 bridgehead atoms. The summed E-state index contributed by atoms with van der Waals surface area (Å²) < 4.78 is 1.01. The van der Waals surface area contributed by atoms with Gasteiger partial charge in [-0.25, -0.2) is 4.99 Å². The zero-order valence-corrected chi connectivity index (χ0v) is 12.4. The van der Waals surface area contributed by atoms with Crippen molar-refractivity contribution in [3.8, 4) is 0 Å². The SMILES string of the molecule is CC1(C)N=C(N)N=C(N)N1c1ccc(Br)cc1.[Cl-]. The molecule has 1 aromatic carbocycles. The standard InChI is InChI=1S/C11H14BrN5.ClH/c1-11(2)16-9(13)15-10(14)17(11)8-5-3-7(12)4-6-8;/h3-6H,1-2H3,(H4,13,14,15,16);1H/p-1. The van der Waals surface area contributed by atoms with Gasteiger partial charge in [0.05, 0.1) is 0 Å². The third kappa shape index (κ3) is 2.76. The van der Waals surface area contributed by atoms with E-state index in [2.05, 4.69) is 25.9 Å². The van der Waals surface area contributed by atoms with Crippen LogP contribution in [0.25, 0.3) is 0 Å². The number of guanidine groups is 2. The van der Waals surface area contributed by atoms with Gasteiger partial charge in [0, 0.05) is 10.2 Å². The Hall–Kier alpha value is -1.27. The Bertz CT molecular complexity index is 495. The third-order valence-electron chi connectivity index (χ3n) is 2.48. The Labute approximate surface area is 121 Å². The summed E-state index contributed by atoms with van der Waals surface area (Å²) in [5.74, 6) is 0.561. The largest absolute Gasteiger partial charge is 1.00 e. The molecule has 0 atom stereocenters. The minimum Gasteiger partial charge on any atom is -1.00 e. The van der Waals surface area contributed by atoms with Crippen LogP contribution in [-0.2, 0) is 0 Å². The van der Waals surface area contributed by atoms with Crippen molar-refractivity contribution in [2.24, 2.45) is 21.5 Å². The Morgan fingerprint density at radius 2 is 1.72 bits per heavy atom. The van der Waals surface area contributed by atoms with E-state index in [9.17, 15) is 0 Å². The molecule has 0 fully saturated rings. The number of benzene rings is 1. The first-order valence-electron chi connectivity index (χ1n) is 5.15. The molecule has 1 aliphatic rings. The number of halogens is 2. The van der Waals surface area contributed by atoms with Crippen molar-refractivity contribution in [3.63, 3.8) is 0 Å². The molecule has 5 nitrogen and oxygen atoms in total. The van der Waals surface area contributed by atoms with Crippen LogP contribution in [0.15, 0.2) is 38.7 Å². The minimum absolute atomic E-state index is 0. The van der Waals surface area contributed by atoms with E-state index in [1.807, 2.05) is 43.0 Å². The van der Waals surface area contributed by atoms with Crippen molar-refractivity contribution in [3.05, 3.63) is 28.7 Å². The van der Waals surface area contributed by atoms with Crippen LogP contribution in [0.1, 0.15) is 13.8 Å². The molecule has 0 spiro atoms. The lowest BCUT2D eigenvalue weighted by Crippen LogP contribution is -3.00. The molecule has 1 aliphatic heterocycles. The number of hydrogen-bond acceptors (Lipinski definition) is 5. The van der Waals surface area contributed by atoms with Gasteiger partial charge in [0.15, 0.2) is 0 Å². The van der Waals surface area contributed by atoms with Gasteiger partial charge in [0.2, 0.25) is 11.9 Å². The maximum Gasteiger partial charge on any atom is 0.220 e. The van der Waals surface area contributed by atoms with Crippen LogP contribution in [0.2, 0.25) is 0 Å². The molecule has 1 aromatic rings. The summed E-state index contributed by atoms with van der Waals surface area (Å²) >= 11 is 3.40. The van der Waals surface area contributed by atoms with E-state index in [0.29, 0.717) is 5.96 Å². The van der Waals surface area contributed by atoms with Crippen LogP contribution in [0.4, 0.5) is 5.69 Å². The van der Waals surface area contributed by atoms with Gasteiger partial charge in [-0.05, 0) is 38.1 Å². The summed E-state index contributed by atoms with van der Waals surface area (Å²) in [5, 5.41) is 0. The molecule has 0 amide bonds. The lowest BCUT2D eigenvalue weighted by molar-refractivity contribution is -0.00000433.